The van der Waals surface area contributed by atoms with E-state index in [2.05, 4.69) is 5.32 Å². The lowest BCUT2D eigenvalue weighted by atomic mass is 9.91. The van der Waals surface area contributed by atoms with Crippen molar-refractivity contribution in [2.45, 2.75) is 37.8 Å². The molecule has 0 aliphatic heterocycles. The van der Waals surface area contributed by atoms with Gasteiger partial charge in [-0.2, -0.15) is 0 Å². The predicted octanol–water partition coefficient (Wildman–Crippen LogP) is 3.05. The number of halogens is 2. The van der Waals surface area contributed by atoms with Crippen LogP contribution in [0.2, 0.25) is 8.67 Å². The van der Waals surface area contributed by atoms with Crippen LogP contribution >= 0.6 is 34.5 Å². The third-order valence-electron chi connectivity index (χ3n) is 3.04. The van der Waals surface area contributed by atoms with Gasteiger partial charge in [0.2, 0.25) is 0 Å². The molecule has 2 unspecified atom stereocenters. The maximum atomic E-state index is 12.0. The van der Waals surface area contributed by atoms with Crippen LogP contribution in [0.1, 0.15) is 36.0 Å². The van der Waals surface area contributed by atoms with Gasteiger partial charge >= 0.3 is 0 Å². The first-order chi connectivity index (χ1) is 8.08. The van der Waals surface area contributed by atoms with Crippen LogP contribution in [-0.2, 0) is 0 Å². The van der Waals surface area contributed by atoms with E-state index in [0.717, 1.165) is 25.7 Å². The van der Waals surface area contributed by atoms with Crippen LogP contribution in [0.25, 0.3) is 0 Å². The largest absolute Gasteiger partial charge is 0.348 e. The third kappa shape index (κ3) is 3.13. The fourth-order valence-corrected chi connectivity index (χ4v) is 3.54. The highest BCUT2D eigenvalue weighted by atomic mass is 35.5. The molecular weight excluding hydrogens is 279 g/mol. The topological polar surface area (TPSA) is 55.1 Å². The van der Waals surface area contributed by atoms with Crippen LogP contribution in [0, 0.1) is 0 Å². The van der Waals surface area contributed by atoms with Gasteiger partial charge in [0.25, 0.3) is 5.91 Å². The molecule has 1 fully saturated rings. The number of hydrogen-bond donors (Lipinski definition) is 2. The molecule has 0 bridgehead atoms. The number of carbonyl (C=O) groups is 1. The molecule has 1 aromatic rings. The second kappa shape index (κ2) is 5.57. The number of nitrogens with two attached hydrogens (primary N) is 1. The predicted molar refractivity (Wildman–Crippen MR) is 72.0 cm³/mol. The highest BCUT2D eigenvalue weighted by molar-refractivity contribution is 7.20. The fraction of sp³-hybridized carbons (Fsp3) is 0.545. The molecule has 1 saturated carbocycles. The van der Waals surface area contributed by atoms with Gasteiger partial charge < -0.3 is 11.1 Å². The van der Waals surface area contributed by atoms with Gasteiger partial charge in [-0.15, -0.1) is 11.3 Å². The van der Waals surface area contributed by atoms with E-state index in [1.165, 1.54) is 11.3 Å². The van der Waals surface area contributed by atoms with Gasteiger partial charge in [-0.1, -0.05) is 36.0 Å². The summed E-state index contributed by atoms with van der Waals surface area (Å²) in [5.74, 6) is -0.180. The van der Waals surface area contributed by atoms with Crippen LogP contribution in [-0.4, -0.2) is 18.0 Å². The van der Waals surface area contributed by atoms with Crippen molar-refractivity contribution in [3.8, 4) is 0 Å². The van der Waals surface area contributed by atoms with Crippen LogP contribution < -0.4 is 11.1 Å². The van der Waals surface area contributed by atoms with Gasteiger partial charge in [-0.25, -0.2) is 0 Å². The molecule has 2 atom stereocenters. The monoisotopic (exact) mass is 292 g/mol. The van der Waals surface area contributed by atoms with E-state index in [-0.39, 0.29) is 18.0 Å². The molecular formula is C11H14Cl2N2OS. The Hall–Kier alpha value is -0.290. The molecule has 3 N–H and O–H groups in total. The normalized spacial score (nSPS) is 24.6. The van der Waals surface area contributed by atoms with Crippen LogP contribution in [0.15, 0.2) is 6.07 Å². The standard InChI is InChI=1S/C11H14Cl2N2OS/c12-9-5-6(10(13)17-9)11(16)15-8-4-2-1-3-7(8)14/h5,7-8H,1-4,14H2,(H,15,16). The molecule has 94 valence electrons. The molecule has 0 spiro atoms. The smallest absolute Gasteiger partial charge is 0.253 e. The summed E-state index contributed by atoms with van der Waals surface area (Å²) in [5, 5.41) is 2.94. The van der Waals surface area contributed by atoms with Gasteiger partial charge in [-0.3, -0.25) is 4.79 Å². The van der Waals surface area contributed by atoms with Crippen molar-refractivity contribution in [1.29, 1.82) is 0 Å². The van der Waals surface area contributed by atoms with Gasteiger partial charge in [0.1, 0.15) is 4.34 Å². The maximum Gasteiger partial charge on any atom is 0.253 e. The SMILES string of the molecule is NC1CCCCC1NC(=O)c1cc(Cl)sc1Cl. The molecule has 1 heterocycles. The minimum absolute atomic E-state index is 0.0422. The highest BCUT2D eigenvalue weighted by Crippen LogP contribution is 2.31. The first-order valence-corrected chi connectivity index (χ1v) is 7.16. The molecule has 0 aromatic carbocycles. The third-order valence-corrected chi connectivity index (χ3v) is 4.52. The maximum absolute atomic E-state index is 12.0. The lowest BCUT2D eigenvalue weighted by Crippen LogP contribution is -2.49. The van der Waals surface area contributed by atoms with E-state index < -0.39 is 0 Å². The second-order valence-corrected chi connectivity index (χ2v) is 6.55. The molecule has 1 amide bonds. The van der Waals surface area contributed by atoms with Crippen molar-refractivity contribution in [1.82, 2.24) is 5.32 Å². The van der Waals surface area contributed by atoms with Crippen molar-refractivity contribution < 1.29 is 4.79 Å². The Labute approximate surface area is 114 Å². The number of nitrogens with one attached hydrogen (secondary N) is 1. The van der Waals surface area contributed by atoms with Crippen molar-refractivity contribution >= 4 is 40.4 Å². The summed E-state index contributed by atoms with van der Waals surface area (Å²) in [6.45, 7) is 0. The van der Waals surface area contributed by atoms with Gasteiger partial charge in [0, 0.05) is 12.1 Å². The van der Waals surface area contributed by atoms with Crippen molar-refractivity contribution in [2.24, 2.45) is 5.73 Å². The summed E-state index contributed by atoms with van der Waals surface area (Å²) in [4.78, 5) is 12.0. The van der Waals surface area contributed by atoms with E-state index in [1.54, 1.807) is 6.07 Å². The number of rotatable bonds is 2. The van der Waals surface area contributed by atoms with Gasteiger partial charge in [0.15, 0.2) is 0 Å². The molecule has 2 rings (SSSR count). The Balaban J connectivity index is 2.03. The van der Waals surface area contributed by atoms with E-state index in [9.17, 15) is 4.79 Å². The Morgan fingerprint density at radius 2 is 2.12 bits per heavy atom. The average molecular weight is 293 g/mol. The summed E-state index contributed by atoms with van der Waals surface area (Å²) in [6, 6.07) is 1.68. The molecule has 1 aromatic heterocycles. The fourth-order valence-electron chi connectivity index (χ4n) is 2.08. The zero-order valence-corrected chi connectivity index (χ0v) is 11.5. The zero-order chi connectivity index (χ0) is 12.4. The molecule has 3 nitrogen and oxygen atoms in total. The molecule has 17 heavy (non-hydrogen) atoms. The molecule has 1 aliphatic carbocycles. The molecule has 0 radical (unpaired) electrons. The number of thiophene rings is 1. The Kier molecular flexibility index (Phi) is 4.31. The van der Waals surface area contributed by atoms with E-state index >= 15 is 0 Å². The zero-order valence-electron chi connectivity index (χ0n) is 9.21. The Morgan fingerprint density at radius 3 is 2.71 bits per heavy atom. The Morgan fingerprint density at radius 1 is 1.41 bits per heavy atom. The minimum atomic E-state index is -0.180. The van der Waals surface area contributed by atoms with E-state index in [4.69, 9.17) is 28.9 Å². The minimum Gasteiger partial charge on any atom is -0.348 e. The highest BCUT2D eigenvalue weighted by Gasteiger charge is 2.25. The molecule has 6 heteroatoms. The first-order valence-electron chi connectivity index (χ1n) is 5.59. The van der Waals surface area contributed by atoms with E-state index in [0.29, 0.717) is 14.2 Å². The van der Waals surface area contributed by atoms with Gasteiger partial charge in [0.05, 0.1) is 9.90 Å². The molecule has 1 aliphatic rings. The quantitative estimate of drug-likeness (QED) is 0.880. The second-order valence-electron chi connectivity index (χ2n) is 4.27. The van der Waals surface area contributed by atoms with Crippen LogP contribution in [0.4, 0.5) is 0 Å². The summed E-state index contributed by atoms with van der Waals surface area (Å²) in [7, 11) is 0. The van der Waals surface area contributed by atoms with Crippen molar-refractivity contribution in [3.05, 3.63) is 20.3 Å². The number of hydrogen-bond acceptors (Lipinski definition) is 3. The summed E-state index contributed by atoms with van der Waals surface area (Å²) >= 11 is 12.9. The summed E-state index contributed by atoms with van der Waals surface area (Å²) in [5.41, 5.74) is 6.42. The summed E-state index contributed by atoms with van der Waals surface area (Å²) in [6.07, 6.45) is 4.14. The Bertz CT molecular complexity index is 422. The van der Waals surface area contributed by atoms with Crippen LogP contribution in [0.3, 0.4) is 0 Å². The number of carbonyl (C=O) groups excluding carboxylic acids is 1. The summed E-state index contributed by atoms with van der Waals surface area (Å²) < 4.78 is 0.949. The number of amides is 1. The van der Waals surface area contributed by atoms with Gasteiger partial charge in [-0.05, 0) is 18.9 Å². The van der Waals surface area contributed by atoms with Crippen molar-refractivity contribution in [2.75, 3.05) is 0 Å². The van der Waals surface area contributed by atoms with Crippen LogP contribution in [0.5, 0.6) is 0 Å². The average Bonchev–Trinajstić information content (AvgIpc) is 2.61. The molecule has 0 saturated heterocycles. The lowest BCUT2D eigenvalue weighted by Gasteiger charge is -2.29. The first kappa shape index (κ1) is 13.1. The lowest BCUT2D eigenvalue weighted by molar-refractivity contribution is 0.0922. The van der Waals surface area contributed by atoms with Crippen molar-refractivity contribution in [3.63, 3.8) is 0 Å². The van der Waals surface area contributed by atoms with E-state index in [1.807, 2.05) is 0 Å².